The van der Waals surface area contributed by atoms with Crippen molar-refractivity contribution < 1.29 is 17.9 Å². The molecule has 3 rings (SSSR count). The molecular formula is C23H23NO4S. The van der Waals surface area contributed by atoms with Crippen LogP contribution in [-0.4, -0.2) is 20.9 Å². The third kappa shape index (κ3) is 4.84. The third-order valence-electron chi connectivity index (χ3n) is 4.44. The first-order valence-corrected chi connectivity index (χ1v) is 10.6. The molecule has 0 saturated carbocycles. The molecule has 0 N–H and O–H groups in total. The number of nitrogens with zero attached hydrogens (tertiary/aromatic N) is 1. The van der Waals surface area contributed by atoms with Gasteiger partial charge < -0.3 is 4.74 Å². The topological polar surface area (TPSA) is 63.7 Å². The van der Waals surface area contributed by atoms with E-state index in [0.29, 0.717) is 5.75 Å². The van der Waals surface area contributed by atoms with Gasteiger partial charge in [-0.25, -0.2) is 8.42 Å². The highest BCUT2D eigenvalue weighted by Gasteiger charge is 2.31. The summed E-state index contributed by atoms with van der Waals surface area (Å²) in [5.41, 5.74) is 3.23. The van der Waals surface area contributed by atoms with E-state index in [0.717, 1.165) is 21.0 Å². The largest absolute Gasteiger partial charge is 0.484 e. The van der Waals surface area contributed by atoms with Crippen LogP contribution < -0.4 is 9.04 Å². The van der Waals surface area contributed by atoms with Crippen molar-refractivity contribution in [2.45, 2.75) is 25.7 Å². The molecule has 0 aliphatic heterocycles. The number of ether oxygens (including phenoxy) is 1. The molecule has 0 fully saturated rings. The average Bonchev–Trinajstić information content (AvgIpc) is 2.69. The lowest BCUT2D eigenvalue weighted by Gasteiger charge is -2.23. The number of anilines is 1. The molecule has 0 unspecified atom stereocenters. The Kier molecular flexibility index (Phi) is 6.03. The van der Waals surface area contributed by atoms with Crippen molar-refractivity contribution in [2.75, 3.05) is 10.9 Å². The van der Waals surface area contributed by atoms with E-state index >= 15 is 0 Å². The van der Waals surface area contributed by atoms with E-state index in [1.54, 1.807) is 48.5 Å². The SMILES string of the molecule is Cc1ccc(OCC(=O)N(c2ccc(C)cc2)S(=O)(=O)c2ccc(C)cc2)cc1. The lowest BCUT2D eigenvalue weighted by molar-refractivity contribution is -0.119. The molecule has 0 aromatic heterocycles. The molecule has 0 aliphatic rings. The summed E-state index contributed by atoms with van der Waals surface area (Å²) in [7, 11) is -4.09. The van der Waals surface area contributed by atoms with Crippen molar-refractivity contribution in [2.24, 2.45) is 0 Å². The van der Waals surface area contributed by atoms with Gasteiger partial charge in [-0.15, -0.1) is 0 Å². The second-order valence-electron chi connectivity index (χ2n) is 6.91. The minimum Gasteiger partial charge on any atom is -0.484 e. The molecule has 0 spiro atoms. The van der Waals surface area contributed by atoms with Crippen LogP contribution >= 0.6 is 0 Å². The van der Waals surface area contributed by atoms with E-state index in [-0.39, 0.29) is 10.6 Å². The maximum Gasteiger partial charge on any atom is 0.278 e. The normalized spacial score (nSPS) is 11.1. The van der Waals surface area contributed by atoms with Crippen molar-refractivity contribution in [1.82, 2.24) is 0 Å². The zero-order valence-electron chi connectivity index (χ0n) is 16.6. The Morgan fingerprint density at radius 1 is 0.759 bits per heavy atom. The van der Waals surface area contributed by atoms with Crippen molar-refractivity contribution >= 4 is 21.6 Å². The molecule has 1 amide bonds. The number of carbonyl (C=O) groups is 1. The van der Waals surface area contributed by atoms with Gasteiger partial charge in [-0.3, -0.25) is 4.79 Å². The average molecular weight is 410 g/mol. The van der Waals surface area contributed by atoms with Crippen LogP contribution in [0.4, 0.5) is 5.69 Å². The van der Waals surface area contributed by atoms with Gasteiger partial charge in [0.05, 0.1) is 10.6 Å². The molecule has 3 aromatic rings. The number of rotatable bonds is 6. The van der Waals surface area contributed by atoms with Crippen LogP contribution in [0.15, 0.2) is 77.7 Å². The maximum atomic E-state index is 13.3. The van der Waals surface area contributed by atoms with Crippen LogP contribution in [0.25, 0.3) is 0 Å². The summed E-state index contributed by atoms with van der Waals surface area (Å²) >= 11 is 0. The second-order valence-corrected chi connectivity index (χ2v) is 8.70. The lowest BCUT2D eigenvalue weighted by Crippen LogP contribution is -2.40. The van der Waals surface area contributed by atoms with Gasteiger partial charge in [0.25, 0.3) is 15.9 Å². The standard InChI is InChI=1S/C23H23NO4S/c1-17-4-10-20(11-5-17)24(29(26,27)22-14-8-19(3)9-15-22)23(25)16-28-21-12-6-18(2)7-13-21/h4-15H,16H2,1-3H3. The highest BCUT2D eigenvalue weighted by atomic mass is 32.2. The smallest absolute Gasteiger partial charge is 0.278 e. The minimum atomic E-state index is -4.09. The predicted octanol–water partition coefficient (Wildman–Crippen LogP) is 4.41. The molecule has 0 aliphatic carbocycles. The van der Waals surface area contributed by atoms with Gasteiger partial charge in [-0.05, 0) is 57.2 Å². The summed E-state index contributed by atoms with van der Waals surface area (Å²) in [6.45, 7) is 5.31. The fraction of sp³-hybridized carbons (Fsp3) is 0.174. The Morgan fingerprint density at radius 3 is 1.72 bits per heavy atom. The summed E-state index contributed by atoms with van der Waals surface area (Å²) in [5.74, 6) is -0.171. The fourth-order valence-electron chi connectivity index (χ4n) is 2.75. The molecule has 0 radical (unpaired) electrons. The summed E-state index contributed by atoms with van der Waals surface area (Å²) in [6.07, 6.45) is 0. The van der Waals surface area contributed by atoms with Gasteiger partial charge in [-0.1, -0.05) is 53.1 Å². The van der Waals surface area contributed by atoms with Gasteiger partial charge >= 0.3 is 0 Å². The van der Waals surface area contributed by atoms with Gasteiger partial charge in [0.2, 0.25) is 0 Å². The highest BCUT2D eigenvalue weighted by molar-refractivity contribution is 7.93. The Labute approximate surface area is 171 Å². The molecule has 0 saturated heterocycles. The van der Waals surface area contributed by atoms with Crippen molar-refractivity contribution in [1.29, 1.82) is 0 Å². The Bertz CT molecular complexity index is 1090. The van der Waals surface area contributed by atoms with Crippen LogP contribution in [-0.2, 0) is 14.8 Å². The number of hydrogen-bond acceptors (Lipinski definition) is 4. The van der Waals surface area contributed by atoms with Gasteiger partial charge in [0.15, 0.2) is 6.61 Å². The number of sulfonamides is 1. The van der Waals surface area contributed by atoms with Crippen LogP contribution in [0.2, 0.25) is 0 Å². The Balaban J connectivity index is 1.94. The van der Waals surface area contributed by atoms with Crippen LogP contribution in [0.5, 0.6) is 5.75 Å². The molecule has 5 nitrogen and oxygen atoms in total. The van der Waals surface area contributed by atoms with E-state index in [4.69, 9.17) is 4.74 Å². The third-order valence-corrected chi connectivity index (χ3v) is 6.20. The molecule has 29 heavy (non-hydrogen) atoms. The first kappa shape index (κ1) is 20.6. The molecule has 150 valence electrons. The van der Waals surface area contributed by atoms with Crippen molar-refractivity contribution in [3.05, 3.63) is 89.5 Å². The quantitative estimate of drug-likeness (QED) is 0.605. The summed E-state index contributed by atoms with van der Waals surface area (Å²) in [5, 5.41) is 0. The number of aryl methyl sites for hydroxylation is 3. The Morgan fingerprint density at radius 2 is 1.21 bits per heavy atom. The van der Waals surface area contributed by atoms with E-state index in [9.17, 15) is 13.2 Å². The lowest BCUT2D eigenvalue weighted by atomic mass is 10.2. The molecular weight excluding hydrogens is 386 g/mol. The highest BCUT2D eigenvalue weighted by Crippen LogP contribution is 2.25. The summed E-state index contributed by atoms with van der Waals surface area (Å²) < 4.78 is 32.9. The van der Waals surface area contributed by atoms with Gasteiger partial charge in [-0.2, -0.15) is 4.31 Å². The fourth-order valence-corrected chi connectivity index (χ4v) is 4.16. The van der Waals surface area contributed by atoms with Crippen LogP contribution in [0, 0.1) is 20.8 Å². The number of benzene rings is 3. The molecule has 0 heterocycles. The van der Waals surface area contributed by atoms with Crippen LogP contribution in [0.1, 0.15) is 16.7 Å². The summed E-state index contributed by atoms with van der Waals surface area (Å²) in [6, 6.07) is 20.4. The van der Waals surface area contributed by atoms with E-state index in [1.165, 1.54) is 12.1 Å². The molecule has 6 heteroatoms. The molecule has 0 bridgehead atoms. The second kappa shape index (κ2) is 8.49. The number of amides is 1. The first-order valence-electron chi connectivity index (χ1n) is 9.18. The van der Waals surface area contributed by atoms with Crippen molar-refractivity contribution in [3.63, 3.8) is 0 Å². The van der Waals surface area contributed by atoms with E-state index in [1.807, 2.05) is 32.9 Å². The zero-order chi connectivity index (χ0) is 21.0. The maximum absolute atomic E-state index is 13.3. The van der Waals surface area contributed by atoms with Gasteiger partial charge in [0.1, 0.15) is 5.75 Å². The summed E-state index contributed by atoms with van der Waals surface area (Å²) in [4.78, 5) is 13.0. The molecule has 0 atom stereocenters. The predicted molar refractivity (Wildman–Crippen MR) is 114 cm³/mol. The Hall–Kier alpha value is -3.12. The van der Waals surface area contributed by atoms with Crippen molar-refractivity contribution in [3.8, 4) is 5.75 Å². The minimum absolute atomic E-state index is 0.0485. The zero-order valence-corrected chi connectivity index (χ0v) is 17.4. The monoisotopic (exact) mass is 409 g/mol. The van der Waals surface area contributed by atoms with Crippen LogP contribution in [0.3, 0.4) is 0 Å². The van der Waals surface area contributed by atoms with E-state index in [2.05, 4.69) is 0 Å². The van der Waals surface area contributed by atoms with Gasteiger partial charge in [0, 0.05) is 0 Å². The number of hydrogen-bond donors (Lipinski definition) is 0. The number of carbonyl (C=O) groups excluding carboxylic acids is 1. The first-order chi connectivity index (χ1) is 13.8. The van der Waals surface area contributed by atoms with E-state index < -0.39 is 22.5 Å². The molecule has 3 aromatic carbocycles.